The third-order valence-corrected chi connectivity index (χ3v) is 4.65. The first-order valence-electron chi connectivity index (χ1n) is 8.64. The van der Waals surface area contributed by atoms with Gasteiger partial charge in [0.1, 0.15) is 0 Å². The number of carbonyl (C=O) groups is 2. The maximum Gasteiger partial charge on any atom is 0.255 e. The van der Waals surface area contributed by atoms with Crippen LogP contribution >= 0.6 is 11.6 Å². The average Bonchev–Trinajstić information content (AvgIpc) is 3.43. The first-order chi connectivity index (χ1) is 13.1. The van der Waals surface area contributed by atoms with Crippen molar-refractivity contribution in [3.05, 3.63) is 47.2 Å². The molecule has 1 aromatic heterocycles. The Labute approximate surface area is 160 Å². The molecule has 2 N–H and O–H groups in total. The highest BCUT2D eigenvalue weighted by molar-refractivity contribution is 6.30. The van der Waals surface area contributed by atoms with E-state index in [2.05, 4.69) is 20.6 Å². The number of likely N-dealkylation sites (tertiary alicyclic amines) is 1. The smallest absolute Gasteiger partial charge is 0.255 e. The second-order valence-corrected chi connectivity index (χ2v) is 6.93. The zero-order valence-electron chi connectivity index (χ0n) is 14.4. The first-order valence-corrected chi connectivity index (χ1v) is 9.02. The molecule has 2 amide bonds. The molecular weight excluding hydrogens is 370 g/mol. The van der Waals surface area contributed by atoms with E-state index in [1.165, 1.54) is 12.4 Å². The zero-order valence-corrected chi connectivity index (χ0v) is 15.1. The number of anilines is 2. The van der Waals surface area contributed by atoms with Gasteiger partial charge in [-0.15, -0.1) is 0 Å². The molecule has 27 heavy (non-hydrogen) atoms. The summed E-state index contributed by atoms with van der Waals surface area (Å²) in [4.78, 5) is 34.4. The van der Waals surface area contributed by atoms with Crippen LogP contribution in [0.15, 0.2) is 36.7 Å². The van der Waals surface area contributed by atoms with Crippen LogP contribution in [0.4, 0.5) is 11.6 Å². The van der Waals surface area contributed by atoms with Crippen LogP contribution in [0.5, 0.6) is 0 Å². The van der Waals surface area contributed by atoms with Crippen molar-refractivity contribution in [1.29, 1.82) is 0 Å². The Kier molecular flexibility index (Phi) is 4.91. The summed E-state index contributed by atoms with van der Waals surface area (Å²) in [5, 5.41) is 6.45. The topological polar surface area (TPSA) is 99.8 Å². The van der Waals surface area contributed by atoms with Crippen molar-refractivity contribution in [2.24, 2.45) is 0 Å². The standard InChI is InChI=1S/C18H18ClN5O3/c19-12-7-20-18(21-8-12)23-14-5-6-24(9-14)17(26)11-1-3-13(4-2-11)22-16(25)15-10-27-15/h1-4,7-8,14-15H,5-6,9-10H2,(H,22,25)(H,20,21,23). The van der Waals surface area contributed by atoms with Gasteiger partial charge in [0.25, 0.3) is 11.8 Å². The molecule has 140 valence electrons. The fourth-order valence-electron chi connectivity index (χ4n) is 2.93. The molecule has 0 radical (unpaired) electrons. The van der Waals surface area contributed by atoms with Gasteiger partial charge in [-0.05, 0) is 30.7 Å². The lowest BCUT2D eigenvalue weighted by atomic mass is 10.2. The predicted molar refractivity (Wildman–Crippen MR) is 99.8 cm³/mol. The van der Waals surface area contributed by atoms with Gasteiger partial charge in [0.15, 0.2) is 6.10 Å². The summed E-state index contributed by atoms with van der Waals surface area (Å²) in [5.74, 6) is 0.296. The largest absolute Gasteiger partial charge is 0.363 e. The molecule has 0 aliphatic carbocycles. The Morgan fingerprint density at radius 3 is 2.56 bits per heavy atom. The maximum atomic E-state index is 12.7. The zero-order chi connectivity index (χ0) is 18.8. The predicted octanol–water partition coefficient (Wildman–Crippen LogP) is 1.79. The quantitative estimate of drug-likeness (QED) is 0.759. The summed E-state index contributed by atoms with van der Waals surface area (Å²) in [7, 11) is 0. The number of nitrogens with one attached hydrogen (secondary N) is 2. The summed E-state index contributed by atoms with van der Waals surface area (Å²) in [5.41, 5.74) is 1.23. The number of aromatic nitrogens is 2. The van der Waals surface area contributed by atoms with Crippen molar-refractivity contribution in [2.45, 2.75) is 18.6 Å². The molecule has 2 aliphatic heterocycles. The maximum absolute atomic E-state index is 12.7. The lowest BCUT2D eigenvalue weighted by Crippen LogP contribution is -2.31. The molecule has 9 heteroatoms. The van der Waals surface area contributed by atoms with E-state index in [0.717, 1.165) is 6.42 Å². The van der Waals surface area contributed by atoms with Crippen LogP contribution in [-0.2, 0) is 9.53 Å². The Balaban J connectivity index is 1.32. The Hall–Kier alpha value is -2.71. The van der Waals surface area contributed by atoms with Crippen LogP contribution in [0.1, 0.15) is 16.8 Å². The van der Waals surface area contributed by atoms with Crippen LogP contribution < -0.4 is 10.6 Å². The number of benzene rings is 1. The molecule has 1 aromatic carbocycles. The number of nitrogens with zero attached hydrogens (tertiary/aromatic N) is 3. The summed E-state index contributed by atoms with van der Waals surface area (Å²) in [6.45, 7) is 1.69. The molecule has 0 bridgehead atoms. The molecule has 3 heterocycles. The van der Waals surface area contributed by atoms with Crippen molar-refractivity contribution in [3.8, 4) is 0 Å². The highest BCUT2D eigenvalue weighted by Gasteiger charge is 2.31. The normalized spacial score (nSPS) is 21.0. The number of ether oxygens (including phenoxy) is 1. The van der Waals surface area contributed by atoms with Crippen molar-refractivity contribution in [1.82, 2.24) is 14.9 Å². The van der Waals surface area contributed by atoms with E-state index in [9.17, 15) is 9.59 Å². The van der Waals surface area contributed by atoms with Gasteiger partial charge in [-0.3, -0.25) is 9.59 Å². The molecule has 0 saturated carbocycles. The molecule has 2 atom stereocenters. The van der Waals surface area contributed by atoms with E-state index < -0.39 is 0 Å². The number of rotatable bonds is 5. The van der Waals surface area contributed by atoms with E-state index >= 15 is 0 Å². The average molecular weight is 388 g/mol. The van der Waals surface area contributed by atoms with Gasteiger partial charge in [-0.2, -0.15) is 0 Å². The third kappa shape index (κ3) is 4.35. The highest BCUT2D eigenvalue weighted by atomic mass is 35.5. The summed E-state index contributed by atoms with van der Waals surface area (Å²) in [6.07, 6.45) is 3.53. The lowest BCUT2D eigenvalue weighted by molar-refractivity contribution is -0.117. The molecular formula is C18H18ClN5O3. The summed E-state index contributed by atoms with van der Waals surface area (Å²) >= 11 is 5.78. The van der Waals surface area contributed by atoms with E-state index in [0.29, 0.717) is 41.9 Å². The number of halogens is 1. The summed E-state index contributed by atoms with van der Waals surface area (Å²) < 4.78 is 4.94. The van der Waals surface area contributed by atoms with E-state index in [1.54, 1.807) is 29.2 Å². The minimum absolute atomic E-state index is 0.0419. The Morgan fingerprint density at radius 1 is 1.19 bits per heavy atom. The molecule has 2 unspecified atom stereocenters. The summed E-state index contributed by atoms with van der Waals surface area (Å²) in [6, 6.07) is 6.97. The van der Waals surface area contributed by atoms with Gasteiger partial charge in [-0.1, -0.05) is 11.6 Å². The van der Waals surface area contributed by atoms with Crippen molar-refractivity contribution >= 4 is 35.1 Å². The van der Waals surface area contributed by atoms with E-state index in [4.69, 9.17) is 16.3 Å². The van der Waals surface area contributed by atoms with Gasteiger partial charge in [-0.25, -0.2) is 9.97 Å². The molecule has 2 aromatic rings. The number of epoxide rings is 1. The van der Waals surface area contributed by atoms with Crippen LogP contribution in [0.3, 0.4) is 0 Å². The molecule has 8 nitrogen and oxygen atoms in total. The van der Waals surface area contributed by atoms with Gasteiger partial charge in [0, 0.05) is 30.4 Å². The van der Waals surface area contributed by atoms with Crippen molar-refractivity contribution in [3.63, 3.8) is 0 Å². The molecule has 2 aliphatic rings. The van der Waals surface area contributed by atoms with Crippen molar-refractivity contribution < 1.29 is 14.3 Å². The SMILES string of the molecule is O=C(Nc1ccc(C(=O)N2CCC(Nc3ncc(Cl)cn3)C2)cc1)C1CO1. The Morgan fingerprint density at radius 2 is 1.89 bits per heavy atom. The van der Waals surface area contributed by atoms with Crippen LogP contribution in [0.25, 0.3) is 0 Å². The molecule has 2 saturated heterocycles. The number of amides is 2. The number of hydrogen-bond acceptors (Lipinski definition) is 6. The third-order valence-electron chi connectivity index (χ3n) is 4.45. The second kappa shape index (κ2) is 7.50. The minimum atomic E-state index is -0.343. The second-order valence-electron chi connectivity index (χ2n) is 6.49. The van der Waals surface area contributed by atoms with Crippen LogP contribution in [-0.4, -0.2) is 58.5 Å². The Bertz CT molecular complexity index is 839. The van der Waals surface area contributed by atoms with E-state index in [-0.39, 0.29) is 24.0 Å². The van der Waals surface area contributed by atoms with Gasteiger partial charge in [0.05, 0.1) is 24.0 Å². The molecule has 0 spiro atoms. The molecule has 4 rings (SSSR count). The fraction of sp³-hybridized carbons (Fsp3) is 0.333. The lowest BCUT2D eigenvalue weighted by Gasteiger charge is -2.17. The van der Waals surface area contributed by atoms with Gasteiger partial charge >= 0.3 is 0 Å². The van der Waals surface area contributed by atoms with Crippen LogP contribution in [0.2, 0.25) is 5.02 Å². The number of hydrogen-bond donors (Lipinski definition) is 2. The minimum Gasteiger partial charge on any atom is -0.363 e. The van der Waals surface area contributed by atoms with Crippen molar-refractivity contribution in [2.75, 3.05) is 30.3 Å². The van der Waals surface area contributed by atoms with Gasteiger partial charge in [0.2, 0.25) is 5.95 Å². The first kappa shape index (κ1) is 17.7. The van der Waals surface area contributed by atoms with Gasteiger partial charge < -0.3 is 20.3 Å². The highest BCUT2D eigenvalue weighted by Crippen LogP contribution is 2.19. The monoisotopic (exact) mass is 387 g/mol. The van der Waals surface area contributed by atoms with Crippen LogP contribution in [0, 0.1) is 0 Å². The molecule has 2 fully saturated rings. The fourth-order valence-corrected chi connectivity index (χ4v) is 3.03. The number of carbonyl (C=O) groups excluding carboxylic acids is 2. The van der Waals surface area contributed by atoms with E-state index in [1.807, 2.05) is 0 Å².